The maximum atomic E-state index is 12.2. The highest BCUT2D eigenvalue weighted by atomic mass is 32.2. The van der Waals surface area contributed by atoms with Crippen LogP contribution in [-0.4, -0.2) is 45.5 Å². The number of carbonyl (C=O) groups excluding carboxylic acids is 2. The number of hydrogen-bond acceptors (Lipinski definition) is 6. The summed E-state index contributed by atoms with van der Waals surface area (Å²) >= 11 is 0. The molecular formula is C21H25NO6S. The van der Waals surface area contributed by atoms with Crippen LogP contribution < -0.4 is 10.1 Å². The molecule has 2 rings (SSSR count). The van der Waals surface area contributed by atoms with Gasteiger partial charge in [0.2, 0.25) is 5.91 Å². The van der Waals surface area contributed by atoms with Crippen molar-refractivity contribution in [2.45, 2.75) is 19.8 Å². The number of amides is 1. The maximum Gasteiger partial charge on any atom is 0.343 e. The molecular weight excluding hydrogens is 394 g/mol. The van der Waals surface area contributed by atoms with Crippen molar-refractivity contribution in [3.8, 4) is 5.75 Å². The predicted octanol–water partition coefficient (Wildman–Crippen LogP) is 2.53. The fraction of sp³-hybridized carbons (Fsp3) is 0.333. The molecule has 0 saturated carbocycles. The van der Waals surface area contributed by atoms with Crippen molar-refractivity contribution in [2.75, 3.05) is 30.5 Å². The van der Waals surface area contributed by atoms with Crippen molar-refractivity contribution < 1.29 is 27.5 Å². The lowest BCUT2D eigenvalue weighted by Crippen LogP contribution is -2.25. The average Bonchev–Trinajstić information content (AvgIpc) is 2.68. The van der Waals surface area contributed by atoms with Crippen LogP contribution in [-0.2, 0) is 30.6 Å². The molecule has 8 heteroatoms. The molecule has 0 aliphatic rings. The van der Waals surface area contributed by atoms with Gasteiger partial charge in [0.05, 0.1) is 12.9 Å². The molecule has 0 unspecified atom stereocenters. The Morgan fingerprint density at radius 2 is 1.79 bits per heavy atom. The summed E-state index contributed by atoms with van der Waals surface area (Å²) in [6.07, 6.45) is 1.11. The first-order valence-electron chi connectivity index (χ1n) is 9.13. The zero-order chi connectivity index (χ0) is 21.3. The van der Waals surface area contributed by atoms with E-state index in [4.69, 9.17) is 4.74 Å². The van der Waals surface area contributed by atoms with Crippen molar-refractivity contribution in [3.63, 3.8) is 0 Å². The van der Waals surface area contributed by atoms with E-state index >= 15 is 0 Å². The number of carbonyl (C=O) groups is 2. The normalized spacial score (nSPS) is 11.0. The fourth-order valence-electron chi connectivity index (χ4n) is 2.67. The Balaban J connectivity index is 1.84. The minimum atomic E-state index is -3.50. The molecule has 0 bridgehead atoms. The van der Waals surface area contributed by atoms with Crippen molar-refractivity contribution in [1.29, 1.82) is 0 Å². The first kappa shape index (κ1) is 22.4. The SMILES string of the molecule is COC(=O)COc1ccc(NC(=O)CS(=O)(=O)CCCc2ccccc2)c(C)c1. The van der Waals surface area contributed by atoms with Crippen LogP contribution in [0.5, 0.6) is 5.75 Å². The summed E-state index contributed by atoms with van der Waals surface area (Å²) in [5.41, 5.74) is 2.24. The smallest absolute Gasteiger partial charge is 0.343 e. The number of esters is 1. The van der Waals surface area contributed by atoms with Gasteiger partial charge in [0.1, 0.15) is 11.5 Å². The van der Waals surface area contributed by atoms with Crippen LogP contribution in [0.3, 0.4) is 0 Å². The third-order valence-corrected chi connectivity index (χ3v) is 5.78. The number of methoxy groups -OCH3 is 1. The van der Waals surface area contributed by atoms with Gasteiger partial charge in [-0.25, -0.2) is 13.2 Å². The van der Waals surface area contributed by atoms with E-state index < -0.39 is 27.5 Å². The van der Waals surface area contributed by atoms with Crippen LogP contribution in [0.1, 0.15) is 17.5 Å². The van der Waals surface area contributed by atoms with Crippen molar-refractivity contribution in [3.05, 3.63) is 59.7 Å². The van der Waals surface area contributed by atoms with Crippen LogP contribution in [0, 0.1) is 6.92 Å². The third kappa shape index (κ3) is 7.95. The molecule has 156 valence electrons. The lowest BCUT2D eigenvalue weighted by molar-refractivity contribution is -0.142. The van der Waals surface area contributed by atoms with E-state index in [-0.39, 0.29) is 12.4 Å². The summed E-state index contributed by atoms with van der Waals surface area (Å²) in [7, 11) is -2.23. The second-order valence-electron chi connectivity index (χ2n) is 6.57. The first-order chi connectivity index (χ1) is 13.8. The molecule has 0 aliphatic carbocycles. The first-order valence-corrected chi connectivity index (χ1v) is 11.0. The van der Waals surface area contributed by atoms with Gasteiger partial charge < -0.3 is 14.8 Å². The van der Waals surface area contributed by atoms with E-state index in [2.05, 4.69) is 10.1 Å². The maximum absolute atomic E-state index is 12.2. The van der Waals surface area contributed by atoms with Crippen LogP contribution in [0.4, 0.5) is 5.69 Å². The summed E-state index contributed by atoms with van der Waals surface area (Å²) in [6.45, 7) is 1.53. The third-order valence-electron chi connectivity index (χ3n) is 4.17. The second kappa shape index (κ2) is 10.6. The molecule has 0 atom stereocenters. The van der Waals surface area contributed by atoms with Crippen molar-refractivity contribution in [2.24, 2.45) is 0 Å². The Kier molecular flexibility index (Phi) is 8.21. The number of ether oxygens (including phenoxy) is 2. The molecule has 2 aromatic rings. The summed E-state index contributed by atoms with van der Waals surface area (Å²) in [5.74, 6) is -1.26. The molecule has 0 fully saturated rings. The molecule has 29 heavy (non-hydrogen) atoms. The van der Waals surface area contributed by atoms with Gasteiger partial charge >= 0.3 is 5.97 Å². The van der Waals surface area contributed by atoms with E-state index in [0.717, 1.165) is 5.56 Å². The number of hydrogen-bond donors (Lipinski definition) is 1. The Hall–Kier alpha value is -2.87. The van der Waals surface area contributed by atoms with E-state index in [1.165, 1.54) is 7.11 Å². The van der Waals surface area contributed by atoms with Crippen molar-refractivity contribution >= 4 is 27.4 Å². The molecule has 0 aliphatic heterocycles. The zero-order valence-corrected chi connectivity index (χ0v) is 17.3. The standard InChI is InChI=1S/C21H25NO6S/c1-16-13-18(28-14-21(24)27-2)10-11-19(16)22-20(23)15-29(25,26)12-6-9-17-7-4-3-5-8-17/h3-5,7-8,10-11,13H,6,9,12,14-15H2,1-2H3,(H,22,23). The molecule has 0 saturated heterocycles. The summed E-state index contributed by atoms with van der Waals surface area (Å²) in [6, 6.07) is 14.4. The van der Waals surface area contributed by atoms with Gasteiger partial charge in [-0.1, -0.05) is 30.3 Å². The van der Waals surface area contributed by atoms with Crippen LogP contribution in [0.2, 0.25) is 0 Å². The lowest BCUT2D eigenvalue weighted by Gasteiger charge is -2.11. The molecule has 0 aromatic heterocycles. The molecule has 7 nitrogen and oxygen atoms in total. The Labute approximate surface area is 170 Å². The molecule has 1 N–H and O–H groups in total. The quantitative estimate of drug-likeness (QED) is 0.594. The molecule has 0 radical (unpaired) electrons. The summed E-state index contributed by atoms with van der Waals surface area (Å²) < 4.78 is 34.2. The minimum absolute atomic E-state index is 0.0470. The highest BCUT2D eigenvalue weighted by Gasteiger charge is 2.17. The van der Waals surface area contributed by atoms with Gasteiger partial charge in [-0.05, 0) is 49.1 Å². The average molecular weight is 419 g/mol. The van der Waals surface area contributed by atoms with Crippen molar-refractivity contribution in [1.82, 2.24) is 0 Å². The van der Waals surface area contributed by atoms with E-state index in [0.29, 0.717) is 29.8 Å². The number of benzene rings is 2. The molecule has 0 heterocycles. The van der Waals surface area contributed by atoms with Gasteiger partial charge in [0.25, 0.3) is 0 Å². The fourth-order valence-corrected chi connectivity index (χ4v) is 3.87. The Bertz CT molecular complexity index is 941. The summed E-state index contributed by atoms with van der Waals surface area (Å²) in [5, 5.41) is 2.61. The predicted molar refractivity (Wildman–Crippen MR) is 111 cm³/mol. The van der Waals surface area contributed by atoms with Gasteiger partial charge in [0, 0.05) is 5.69 Å². The van der Waals surface area contributed by atoms with E-state index in [1.54, 1.807) is 25.1 Å². The van der Waals surface area contributed by atoms with Gasteiger partial charge in [-0.3, -0.25) is 4.79 Å². The Morgan fingerprint density at radius 1 is 1.07 bits per heavy atom. The van der Waals surface area contributed by atoms with Gasteiger partial charge in [-0.2, -0.15) is 0 Å². The highest BCUT2D eigenvalue weighted by Crippen LogP contribution is 2.21. The number of nitrogens with one attached hydrogen (secondary N) is 1. The van der Waals surface area contributed by atoms with Crippen LogP contribution in [0.25, 0.3) is 0 Å². The number of anilines is 1. The van der Waals surface area contributed by atoms with E-state index in [9.17, 15) is 18.0 Å². The highest BCUT2D eigenvalue weighted by molar-refractivity contribution is 7.92. The van der Waals surface area contributed by atoms with Gasteiger partial charge in [-0.15, -0.1) is 0 Å². The number of sulfone groups is 1. The van der Waals surface area contributed by atoms with Crippen LogP contribution in [0.15, 0.2) is 48.5 Å². The largest absolute Gasteiger partial charge is 0.482 e. The zero-order valence-electron chi connectivity index (χ0n) is 16.5. The number of aryl methyl sites for hydroxylation is 2. The monoisotopic (exact) mass is 419 g/mol. The lowest BCUT2D eigenvalue weighted by atomic mass is 10.1. The second-order valence-corrected chi connectivity index (χ2v) is 8.75. The van der Waals surface area contributed by atoms with Crippen LogP contribution >= 0.6 is 0 Å². The number of rotatable bonds is 10. The topological polar surface area (TPSA) is 98.8 Å². The molecule has 2 aromatic carbocycles. The van der Waals surface area contributed by atoms with E-state index in [1.807, 2.05) is 30.3 Å². The summed E-state index contributed by atoms with van der Waals surface area (Å²) in [4.78, 5) is 23.3. The molecule has 0 spiro atoms. The Morgan fingerprint density at radius 3 is 2.45 bits per heavy atom. The van der Waals surface area contributed by atoms with Gasteiger partial charge in [0.15, 0.2) is 16.4 Å². The minimum Gasteiger partial charge on any atom is -0.482 e. The molecule has 1 amide bonds.